The van der Waals surface area contributed by atoms with Crippen molar-refractivity contribution in [3.05, 3.63) is 28.2 Å². The molecule has 0 unspecified atom stereocenters. The first kappa shape index (κ1) is 15.3. The van der Waals surface area contributed by atoms with Crippen LogP contribution in [-0.2, 0) is 11.3 Å². The predicted molar refractivity (Wildman–Crippen MR) is 86.0 cm³/mol. The molecule has 1 aliphatic carbocycles. The standard InChI is InChI=1S/C15H22BrN3O/c1-17-15(20)7-8-19(2)14-9-12(16)4-3-11(14)10-18-13-5-6-13/h3-4,9,13,18H,5-8,10H2,1-2H3,(H,17,20). The van der Waals surface area contributed by atoms with Gasteiger partial charge in [0.2, 0.25) is 5.91 Å². The first-order valence-electron chi connectivity index (χ1n) is 7.03. The number of nitrogens with zero attached hydrogens (tertiary/aromatic N) is 1. The monoisotopic (exact) mass is 339 g/mol. The molecule has 0 spiro atoms. The molecule has 0 saturated heterocycles. The SMILES string of the molecule is CNC(=O)CCN(C)c1cc(Br)ccc1CNC1CC1. The largest absolute Gasteiger partial charge is 0.374 e. The van der Waals surface area contributed by atoms with Crippen LogP contribution in [0.1, 0.15) is 24.8 Å². The Balaban J connectivity index is 2.02. The fourth-order valence-corrected chi connectivity index (χ4v) is 2.45. The normalized spacial score (nSPS) is 14.2. The summed E-state index contributed by atoms with van der Waals surface area (Å²) in [6.07, 6.45) is 3.09. The van der Waals surface area contributed by atoms with Crippen LogP contribution in [0.5, 0.6) is 0 Å². The molecule has 4 nitrogen and oxygen atoms in total. The Labute approximate surface area is 129 Å². The van der Waals surface area contributed by atoms with Gasteiger partial charge in [-0.1, -0.05) is 22.0 Å². The molecule has 1 amide bonds. The van der Waals surface area contributed by atoms with Crippen LogP contribution in [0, 0.1) is 0 Å². The number of hydrogen-bond acceptors (Lipinski definition) is 3. The molecular formula is C15H22BrN3O. The van der Waals surface area contributed by atoms with Crippen LogP contribution in [-0.4, -0.2) is 32.6 Å². The first-order chi connectivity index (χ1) is 9.60. The molecule has 0 radical (unpaired) electrons. The van der Waals surface area contributed by atoms with Gasteiger partial charge >= 0.3 is 0 Å². The van der Waals surface area contributed by atoms with E-state index in [2.05, 4.69) is 49.7 Å². The van der Waals surface area contributed by atoms with Crippen molar-refractivity contribution >= 4 is 27.5 Å². The van der Waals surface area contributed by atoms with E-state index < -0.39 is 0 Å². The molecule has 2 rings (SSSR count). The van der Waals surface area contributed by atoms with E-state index in [9.17, 15) is 4.79 Å². The highest BCUT2D eigenvalue weighted by Gasteiger charge is 2.20. The number of rotatable bonds is 7. The van der Waals surface area contributed by atoms with Gasteiger partial charge in [-0.05, 0) is 30.5 Å². The minimum Gasteiger partial charge on any atom is -0.374 e. The number of carbonyl (C=O) groups excluding carboxylic acids is 1. The average Bonchev–Trinajstić information content (AvgIpc) is 3.27. The van der Waals surface area contributed by atoms with Gasteiger partial charge in [0.15, 0.2) is 0 Å². The summed E-state index contributed by atoms with van der Waals surface area (Å²) < 4.78 is 1.06. The second kappa shape index (κ2) is 7.09. The molecule has 1 aromatic carbocycles. The van der Waals surface area contributed by atoms with Crippen LogP contribution < -0.4 is 15.5 Å². The van der Waals surface area contributed by atoms with Gasteiger partial charge in [0.05, 0.1) is 0 Å². The van der Waals surface area contributed by atoms with E-state index in [1.54, 1.807) is 7.05 Å². The lowest BCUT2D eigenvalue weighted by Gasteiger charge is -2.23. The summed E-state index contributed by atoms with van der Waals surface area (Å²) >= 11 is 3.52. The lowest BCUT2D eigenvalue weighted by atomic mass is 10.1. The van der Waals surface area contributed by atoms with Gasteiger partial charge in [-0.2, -0.15) is 0 Å². The zero-order valence-electron chi connectivity index (χ0n) is 12.1. The molecule has 1 saturated carbocycles. The van der Waals surface area contributed by atoms with Crippen LogP contribution in [0.2, 0.25) is 0 Å². The number of nitrogens with one attached hydrogen (secondary N) is 2. The van der Waals surface area contributed by atoms with Crippen LogP contribution in [0.25, 0.3) is 0 Å². The Kier molecular flexibility index (Phi) is 5.43. The third-order valence-electron chi connectivity index (χ3n) is 3.57. The number of halogens is 1. The summed E-state index contributed by atoms with van der Waals surface area (Å²) in [7, 11) is 3.71. The summed E-state index contributed by atoms with van der Waals surface area (Å²) in [4.78, 5) is 13.5. The summed E-state index contributed by atoms with van der Waals surface area (Å²) in [5, 5.41) is 6.20. The van der Waals surface area contributed by atoms with Gasteiger partial charge in [0.25, 0.3) is 0 Å². The molecule has 20 heavy (non-hydrogen) atoms. The van der Waals surface area contributed by atoms with Crippen LogP contribution in [0.4, 0.5) is 5.69 Å². The minimum absolute atomic E-state index is 0.0736. The lowest BCUT2D eigenvalue weighted by Crippen LogP contribution is -2.27. The highest BCUT2D eigenvalue weighted by molar-refractivity contribution is 9.10. The Morgan fingerprint density at radius 3 is 2.85 bits per heavy atom. The van der Waals surface area contributed by atoms with Gasteiger partial charge < -0.3 is 15.5 Å². The van der Waals surface area contributed by atoms with Crippen molar-refractivity contribution in [1.29, 1.82) is 0 Å². The summed E-state index contributed by atoms with van der Waals surface area (Å²) in [6, 6.07) is 7.03. The van der Waals surface area contributed by atoms with E-state index in [0.717, 1.165) is 11.0 Å². The van der Waals surface area contributed by atoms with E-state index in [-0.39, 0.29) is 5.91 Å². The molecule has 0 atom stereocenters. The molecular weight excluding hydrogens is 318 g/mol. The third-order valence-corrected chi connectivity index (χ3v) is 4.06. The van der Waals surface area contributed by atoms with Gasteiger partial charge in [-0.15, -0.1) is 0 Å². The number of benzene rings is 1. The van der Waals surface area contributed by atoms with E-state index in [0.29, 0.717) is 19.0 Å². The van der Waals surface area contributed by atoms with E-state index in [1.807, 2.05) is 7.05 Å². The second-order valence-electron chi connectivity index (χ2n) is 5.27. The Morgan fingerprint density at radius 2 is 2.20 bits per heavy atom. The van der Waals surface area contributed by atoms with Crippen molar-refractivity contribution in [1.82, 2.24) is 10.6 Å². The quantitative estimate of drug-likeness (QED) is 0.800. The maximum atomic E-state index is 11.4. The number of carbonyl (C=O) groups is 1. The zero-order valence-corrected chi connectivity index (χ0v) is 13.7. The molecule has 1 fully saturated rings. The molecule has 1 aliphatic rings. The average molecular weight is 340 g/mol. The lowest BCUT2D eigenvalue weighted by molar-refractivity contribution is -0.120. The van der Waals surface area contributed by atoms with Crippen molar-refractivity contribution < 1.29 is 4.79 Å². The van der Waals surface area contributed by atoms with Crippen molar-refractivity contribution in [3.63, 3.8) is 0 Å². The summed E-state index contributed by atoms with van der Waals surface area (Å²) in [6.45, 7) is 1.60. The number of hydrogen-bond donors (Lipinski definition) is 2. The van der Waals surface area contributed by atoms with Crippen molar-refractivity contribution in [3.8, 4) is 0 Å². The highest BCUT2D eigenvalue weighted by Crippen LogP contribution is 2.26. The fourth-order valence-electron chi connectivity index (χ4n) is 2.10. The Bertz CT molecular complexity index is 474. The number of amides is 1. The van der Waals surface area contributed by atoms with Crippen LogP contribution in [0.3, 0.4) is 0 Å². The maximum absolute atomic E-state index is 11.4. The fraction of sp³-hybridized carbons (Fsp3) is 0.533. The van der Waals surface area contributed by atoms with Crippen molar-refractivity contribution in [2.45, 2.75) is 31.8 Å². The Morgan fingerprint density at radius 1 is 1.45 bits per heavy atom. The van der Waals surface area contributed by atoms with Crippen LogP contribution in [0.15, 0.2) is 22.7 Å². The van der Waals surface area contributed by atoms with Gasteiger partial charge in [-0.3, -0.25) is 4.79 Å². The number of anilines is 1. The van der Waals surface area contributed by atoms with Gasteiger partial charge in [0.1, 0.15) is 0 Å². The van der Waals surface area contributed by atoms with Crippen molar-refractivity contribution in [2.75, 3.05) is 25.5 Å². The molecule has 0 bridgehead atoms. The third kappa shape index (κ3) is 4.49. The summed E-state index contributed by atoms with van der Waals surface area (Å²) in [5.41, 5.74) is 2.45. The minimum atomic E-state index is 0.0736. The summed E-state index contributed by atoms with van der Waals surface area (Å²) in [5.74, 6) is 0.0736. The topological polar surface area (TPSA) is 44.4 Å². The van der Waals surface area contributed by atoms with E-state index in [4.69, 9.17) is 0 Å². The highest BCUT2D eigenvalue weighted by atomic mass is 79.9. The first-order valence-corrected chi connectivity index (χ1v) is 7.83. The van der Waals surface area contributed by atoms with Crippen LogP contribution >= 0.6 is 15.9 Å². The molecule has 5 heteroatoms. The second-order valence-corrected chi connectivity index (χ2v) is 6.19. The van der Waals surface area contributed by atoms with Gasteiger partial charge in [0, 0.05) is 49.8 Å². The molecule has 1 aromatic rings. The smallest absolute Gasteiger partial charge is 0.221 e. The maximum Gasteiger partial charge on any atom is 0.221 e. The van der Waals surface area contributed by atoms with E-state index >= 15 is 0 Å². The predicted octanol–water partition coefficient (Wildman–Crippen LogP) is 2.27. The Hall–Kier alpha value is -1.07. The zero-order chi connectivity index (χ0) is 14.5. The molecule has 0 aliphatic heterocycles. The van der Waals surface area contributed by atoms with Gasteiger partial charge in [-0.25, -0.2) is 0 Å². The molecule has 2 N–H and O–H groups in total. The van der Waals surface area contributed by atoms with Crippen molar-refractivity contribution in [2.24, 2.45) is 0 Å². The molecule has 110 valence electrons. The molecule has 0 aromatic heterocycles. The molecule has 0 heterocycles. The van der Waals surface area contributed by atoms with E-state index in [1.165, 1.54) is 24.1 Å².